The van der Waals surface area contributed by atoms with Gasteiger partial charge in [-0.25, -0.2) is 0 Å². The molecule has 0 aliphatic heterocycles. The van der Waals surface area contributed by atoms with Gasteiger partial charge in [0.1, 0.15) is 0 Å². The van der Waals surface area contributed by atoms with Crippen LogP contribution in [0.1, 0.15) is 23.7 Å². The number of methoxy groups -OCH3 is 1. The molecule has 0 saturated heterocycles. The van der Waals surface area contributed by atoms with Gasteiger partial charge in [-0.05, 0) is 19.1 Å². The number of nitrogens with two attached hydrogens (primary N) is 1. The third-order valence-electron chi connectivity index (χ3n) is 2.41. The van der Waals surface area contributed by atoms with Crippen LogP contribution < -0.4 is 15.8 Å². The molecule has 0 radical (unpaired) electrons. The number of rotatable bonds is 6. The lowest BCUT2D eigenvalue weighted by molar-refractivity contribution is -0.142. The Balaban J connectivity index is 2.59. The summed E-state index contributed by atoms with van der Waals surface area (Å²) in [4.78, 5) is 23.0. The summed E-state index contributed by atoms with van der Waals surface area (Å²) in [5.74, 6) is -0.355. The number of nitrogen functional groups attached to an aromatic ring is 1. The minimum atomic E-state index is -0.345. The van der Waals surface area contributed by atoms with Gasteiger partial charge < -0.3 is 20.5 Å². The van der Waals surface area contributed by atoms with Gasteiger partial charge in [-0.2, -0.15) is 0 Å². The average Bonchev–Trinajstić information content (AvgIpc) is 2.38. The number of nitrogens with one attached hydrogen (secondary N) is 1. The van der Waals surface area contributed by atoms with E-state index in [4.69, 9.17) is 15.2 Å². The molecule has 1 aromatic rings. The predicted octanol–water partition coefficient (Wildman–Crippen LogP) is 0.960. The zero-order chi connectivity index (χ0) is 14.3. The van der Waals surface area contributed by atoms with Gasteiger partial charge in [0.05, 0.1) is 31.4 Å². The Kier molecular flexibility index (Phi) is 5.66. The number of ether oxygens (including phenoxy) is 2. The topological polar surface area (TPSA) is 90.7 Å². The van der Waals surface area contributed by atoms with Gasteiger partial charge in [-0.15, -0.1) is 0 Å². The molecule has 3 N–H and O–H groups in total. The molecule has 0 bridgehead atoms. The van der Waals surface area contributed by atoms with Gasteiger partial charge in [0.2, 0.25) is 0 Å². The first-order chi connectivity index (χ1) is 9.10. The standard InChI is InChI=1S/C13H18N2O4/c1-3-19-11(16)7-8-15-13(17)9-5-4-6-10(14)12(9)18-2/h4-6H,3,7-8,14H2,1-2H3,(H,15,17). The van der Waals surface area contributed by atoms with Crippen molar-refractivity contribution in [2.24, 2.45) is 0 Å². The normalized spacial score (nSPS) is 9.79. The van der Waals surface area contributed by atoms with Crippen LogP contribution >= 0.6 is 0 Å². The van der Waals surface area contributed by atoms with Crippen LogP contribution in [-0.4, -0.2) is 32.1 Å². The van der Waals surface area contributed by atoms with Crippen molar-refractivity contribution in [1.82, 2.24) is 5.32 Å². The summed E-state index contributed by atoms with van der Waals surface area (Å²) in [7, 11) is 1.45. The maximum absolute atomic E-state index is 11.9. The van der Waals surface area contributed by atoms with Gasteiger partial charge in [0.15, 0.2) is 5.75 Å². The molecule has 1 amide bonds. The molecule has 0 saturated carbocycles. The highest BCUT2D eigenvalue weighted by atomic mass is 16.5. The minimum Gasteiger partial charge on any atom is -0.494 e. The second kappa shape index (κ2) is 7.25. The van der Waals surface area contributed by atoms with Gasteiger partial charge in [-0.1, -0.05) is 6.07 Å². The molecule has 0 atom stereocenters. The molecule has 1 rings (SSSR count). The van der Waals surface area contributed by atoms with Crippen molar-refractivity contribution in [3.63, 3.8) is 0 Å². The maximum atomic E-state index is 11.9. The first-order valence-electron chi connectivity index (χ1n) is 5.96. The van der Waals surface area contributed by atoms with Crippen LogP contribution in [0.25, 0.3) is 0 Å². The molecule has 19 heavy (non-hydrogen) atoms. The summed E-state index contributed by atoms with van der Waals surface area (Å²) in [6.07, 6.45) is 0.129. The summed E-state index contributed by atoms with van der Waals surface area (Å²) in [6, 6.07) is 4.92. The Morgan fingerprint density at radius 2 is 2.11 bits per heavy atom. The molecule has 0 aliphatic carbocycles. The first kappa shape index (κ1) is 14.8. The third-order valence-corrected chi connectivity index (χ3v) is 2.41. The van der Waals surface area contributed by atoms with Gasteiger partial charge in [0.25, 0.3) is 5.91 Å². The number of para-hydroxylation sites is 1. The maximum Gasteiger partial charge on any atom is 0.307 e. The molecule has 0 aliphatic rings. The molecule has 104 valence electrons. The van der Waals surface area contributed by atoms with Gasteiger partial charge >= 0.3 is 5.97 Å². The smallest absolute Gasteiger partial charge is 0.307 e. The van der Waals surface area contributed by atoms with E-state index >= 15 is 0 Å². The number of hydrogen-bond acceptors (Lipinski definition) is 5. The van der Waals surface area contributed by atoms with E-state index in [1.807, 2.05) is 0 Å². The summed E-state index contributed by atoms with van der Waals surface area (Å²) >= 11 is 0. The van der Waals surface area contributed by atoms with E-state index in [0.29, 0.717) is 23.6 Å². The molecule has 0 fully saturated rings. The number of benzene rings is 1. The Labute approximate surface area is 111 Å². The average molecular weight is 266 g/mol. The Hall–Kier alpha value is -2.24. The Morgan fingerprint density at radius 1 is 1.37 bits per heavy atom. The largest absolute Gasteiger partial charge is 0.494 e. The van der Waals surface area contributed by atoms with Crippen LogP contribution in [0.2, 0.25) is 0 Å². The number of anilines is 1. The fourth-order valence-corrected chi connectivity index (χ4v) is 1.57. The van der Waals surface area contributed by atoms with Crippen LogP contribution in [0.15, 0.2) is 18.2 Å². The molecule has 6 nitrogen and oxygen atoms in total. The van der Waals surface area contributed by atoms with E-state index in [1.165, 1.54) is 7.11 Å². The highest BCUT2D eigenvalue weighted by Crippen LogP contribution is 2.25. The molecule has 0 spiro atoms. The van der Waals surface area contributed by atoms with Crippen LogP contribution in [0.3, 0.4) is 0 Å². The number of amides is 1. The molecule has 1 aromatic carbocycles. The molecular weight excluding hydrogens is 248 g/mol. The van der Waals surface area contributed by atoms with Gasteiger partial charge in [-0.3, -0.25) is 9.59 Å². The third kappa shape index (κ3) is 4.17. The van der Waals surface area contributed by atoms with Crippen molar-refractivity contribution >= 4 is 17.6 Å². The number of carbonyl (C=O) groups is 2. The van der Waals surface area contributed by atoms with Crippen LogP contribution in [0, 0.1) is 0 Å². The van der Waals surface area contributed by atoms with E-state index in [1.54, 1.807) is 25.1 Å². The molecule has 0 heterocycles. The van der Waals surface area contributed by atoms with E-state index in [2.05, 4.69) is 5.32 Å². The van der Waals surface area contributed by atoms with Crippen LogP contribution in [-0.2, 0) is 9.53 Å². The lowest BCUT2D eigenvalue weighted by Gasteiger charge is -2.11. The number of esters is 1. The summed E-state index contributed by atoms with van der Waals surface area (Å²) in [5.41, 5.74) is 6.44. The predicted molar refractivity (Wildman–Crippen MR) is 71.0 cm³/mol. The highest BCUT2D eigenvalue weighted by Gasteiger charge is 2.14. The van der Waals surface area contributed by atoms with Gasteiger partial charge in [0, 0.05) is 6.54 Å². The fourth-order valence-electron chi connectivity index (χ4n) is 1.57. The summed E-state index contributed by atoms with van der Waals surface area (Å²) in [6.45, 7) is 2.26. The van der Waals surface area contributed by atoms with E-state index in [0.717, 1.165) is 0 Å². The Morgan fingerprint density at radius 3 is 2.74 bits per heavy atom. The first-order valence-corrected chi connectivity index (χ1v) is 5.96. The lowest BCUT2D eigenvalue weighted by atomic mass is 10.1. The monoisotopic (exact) mass is 266 g/mol. The summed E-state index contributed by atoms with van der Waals surface area (Å²) in [5, 5.41) is 2.61. The zero-order valence-corrected chi connectivity index (χ0v) is 11.1. The number of hydrogen-bond donors (Lipinski definition) is 2. The van der Waals surface area contributed by atoms with Crippen molar-refractivity contribution < 1.29 is 19.1 Å². The second-order valence-corrected chi connectivity index (χ2v) is 3.74. The SMILES string of the molecule is CCOC(=O)CCNC(=O)c1cccc(N)c1OC. The lowest BCUT2D eigenvalue weighted by Crippen LogP contribution is -2.27. The molecule has 0 aromatic heterocycles. The van der Waals surface area contributed by atoms with Crippen molar-refractivity contribution in [1.29, 1.82) is 0 Å². The quantitative estimate of drug-likeness (QED) is 0.591. The zero-order valence-electron chi connectivity index (χ0n) is 11.1. The van der Waals surface area contributed by atoms with Crippen LogP contribution in [0.5, 0.6) is 5.75 Å². The molecule has 6 heteroatoms. The Bertz CT molecular complexity index is 460. The summed E-state index contributed by atoms with van der Waals surface area (Å²) < 4.78 is 9.84. The van der Waals surface area contributed by atoms with E-state index < -0.39 is 0 Å². The van der Waals surface area contributed by atoms with Crippen LogP contribution in [0.4, 0.5) is 5.69 Å². The molecule has 0 unspecified atom stereocenters. The van der Waals surface area contributed by atoms with E-state index in [9.17, 15) is 9.59 Å². The van der Waals surface area contributed by atoms with Crippen molar-refractivity contribution in [2.45, 2.75) is 13.3 Å². The fraction of sp³-hybridized carbons (Fsp3) is 0.385. The van der Waals surface area contributed by atoms with E-state index in [-0.39, 0.29) is 24.8 Å². The number of carbonyl (C=O) groups excluding carboxylic acids is 2. The van der Waals surface area contributed by atoms with Crippen molar-refractivity contribution in [2.75, 3.05) is 26.0 Å². The minimum absolute atomic E-state index is 0.129. The molecular formula is C13H18N2O4. The highest BCUT2D eigenvalue weighted by molar-refractivity contribution is 5.98. The van der Waals surface area contributed by atoms with Crippen molar-refractivity contribution in [3.8, 4) is 5.75 Å². The van der Waals surface area contributed by atoms with Crippen molar-refractivity contribution in [3.05, 3.63) is 23.8 Å². The second-order valence-electron chi connectivity index (χ2n) is 3.74.